The van der Waals surface area contributed by atoms with E-state index in [4.69, 9.17) is 0 Å². The molecule has 4 heteroatoms. The number of benzene rings is 2. The van der Waals surface area contributed by atoms with E-state index in [0.717, 1.165) is 33.6 Å². The van der Waals surface area contributed by atoms with E-state index in [1.807, 2.05) is 64.1 Å². The molecule has 2 amide bonds. The van der Waals surface area contributed by atoms with Crippen LogP contribution in [-0.4, -0.2) is 18.4 Å². The average Bonchev–Trinajstić information content (AvgIpc) is 2.44. The topological polar surface area (TPSA) is 49.4 Å². The molecule has 0 aliphatic carbocycles. The SMILES string of the molecule is CC(=O)N(CC(=O)Nc1cc(C)cc(C)c1)c1c(C)cccc1C. The summed E-state index contributed by atoms with van der Waals surface area (Å²) in [5.41, 5.74) is 5.68. The van der Waals surface area contributed by atoms with Crippen LogP contribution in [0, 0.1) is 27.7 Å². The normalized spacial score (nSPS) is 10.4. The molecule has 0 radical (unpaired) electrons. The summed E-state index contributed by atoms with van der Waals surface area (Å²) in [6.45, 7) is 9.34. The quantitative estimate of drug-likeness (QED) is 0.927. The highest BCUT2D eigenvalue weighted by atomic mass is 16.2. The Labute approximate surface area is 143 Å². The number of nitrogens with one attached hydrogen (secondary N) is 1. The van der Waals surface area contributed by atoms with Gasteiger partial charge in [0.2, 0.25) is 11.8 Å². The standard InChI is InChI=1S/C20H24N2O2/c1-13-9-14(2)11-18(10-13)21-19(24)12-22(17(5)23)20-15(3)7-6-8-16(20)4/h6-11H,12H2,1-5H3,(H,21,24). The zero-order valence-corrected chi connectivity index (χ0v) is 14.9. The zero-order valence-electron chi connectivity index (χ0n) is 14.9. The maximum atomic E-state index is 12.4. The van der Waals surface area contributed by atoms with Gasteiger partial charge in [-0.3, -0.25) is 9.59 Å². The Bertz CT molecular complexity index is 741. The predicted molar refractivity (Wildman–Crippen MR) is 98.5 cm³/mol. The fraction of sp³-hybridized carbons (Fsp3) is 0.300. The van der Waals surface area contributed by atoms with E-state index in [2.05, 4.69) is 5.32 Å². The number of carbonyl (C=O) groups excluding carboxylic acids is 2. The number of aryl methyl sites for hydroxylation is 4. The molecule has 0 unspecified atom stereocenters. The molecule has 0 fully saturated rings. The molecule has 2 aromatic carbocycles. The molecule has 0 saturated heterocycles. The summed E-state index contributed by atoms with van der Waals surface area (Å²) in [7, 11) is 0. The summed E-state index contributed by atoms with van der Waals surface area (Å²) in [4.78, 5) is 26.1. The average molecular weight is 324 g/mol. The molecule has 0 aliphatic heterocycles. The van der Waals surface area contributed by atoms with Gasteiger partial charge in [-0.1, -0.05) is 24.3 Å². The van der Waals surface area contributed by atoms with Gasteiger partial charge in [-0.25, -0.2) is 0 Å². The third-order valence-electron chi connectivity index (χ3n) is 3.90. The van der Waals surface area contributed by atoms with Crippen molar-refractivity contribution in [2.45, 2.75) is 34.6 Å². The van der Waals surface area contributed by atoms with Gasteiger partial charge < -0.3 is 10.2 Å². The third kappa shape index (κ3) is 4.22. The molecule has 2 aromatic rings. The van der Waals surface area contributed by atoms with Crippen molar-refractivity contribution in [3.05, 3.63) is 58.7 Å². The van der Waals surface area contributed by atoms with Crippen molar-refractivity contribution in [3.8, 4) is 0 Å². The number of amides is 2. The predicted octanol–water partition coefficient (Wildman–Crippen LogP) is 3.91. The van der Waals surface area contributed by atoms with Gasteiger partial charge in [0.25, 0.3) is 0 Å². The molecule has 126 valence electrons. The monoisotopic (exact) mass is 324 g/mol. The lowest BCUT2D eigenvalue weighted by Crippen LogP contribution is -2.37. The fourth-order valence-corrected chi connectivity index (χ4v) is 2.97. The van der Waals surface area contributed by atoms with Crippen molar-refractivity contribution in [1.82, 2.24) is 0 Å². The van der Waals surface area contributed by atoms with Crippen LogP contribution < -0.4 is 10.2 Å². The molecule has 0 aliphatic rings. The van der Waals surface area contributed by atoms with Crippen molar-refractivity contribution in [1.29, 1.82) is 0 Å². The zero-order chi connectivity index (χ0) is 17.9. The Kier molecular flexibility index (Phi) is 5.39. The van der Waals surface area contributed by atoms with Crippen LogP contribution in [-0.2, 0) is 9.59 Å². The Morgan fingerprint density at radius 3 is 2.00 bits per heavy atom. The van der Waals surface area contributed by atoms with Gasteiger partial charge in [0.15, 0.2) is 0 Å². The summed E-state index contributed by atoms with van der Waals surface area (Å²) >= 11 is 0. The van der Waals surface area contributed by atoms with Crippen molar-refractivity contribution in [2.24, 2.45) is 0 Å². The maximum absolute atomic E-state index is 12.4. The second kappa shape index (κ2) is 7.30. The smallest absolute Gasteiger partial charge is 0.244 e. The van der Waals surface area contributed by atoms with E-state index in [1.54, 1.807) is 0 Å². The molecule has 2 rings (SSSR count). The van der Waals surface area contributed by atoms with Crippen molar-refractivity contribution < 1.29 is 9.59 Å². The van der Waals surface area contributed by atoms with E-state index in [9.17, 15) is 9.59 Å². The summed E-state index contributed by atoms with van der Waals surface area (Å²) in [5, 5.41) is 2.88. The lowest BCUT2D eigenvalue weighted by molar-refractivity contribution is -0.120. The van der Waals surface area contributed by atoms with Crippen LogP contribution in [0.3, 0.4) is 0 Å². The molecule has 24 heavy (non-hydrogen) atoms. The minimum absolute atomic E-state index is 0.00594. The van der Waals surface area contributed by atoms with Crippen LogP contribution in [0.25, 0.3) is 0 Å². The van der Waals surface area contributed by atoms with Crippen molar-refractivity contribution in [3.63, 3.8) is 0 Å². The van der Waals surface area contributed by atoms with Crippen molar-refractivity contribution >= 4 is 23.2 Å². The second-order valence-corrected chi connectivity index (χ2v) is 6.27. The Morgan fingerprint density at radius 2 is 1.50 bits per heavy atom. The molecule has 0 atom stereocenters. The number of para-hydroxylation sites is 1. The van der Waals surface area contributed by atoms with Gasteiger partial charge in [0.1, 0.15) is 6.54 Å². The summed E-state index contributed by atoms with van der Waals surface area (Å²) in [5.74, 6) is -0.360. The molecule has 0 saturated carbocycles. The summed E-state index contributed by atoms with van der Waals surface area (Å²) in [6, 6.07) is 11.7. The Hall–Kier alpha value is -2.62. The van der Waals surface area contributed by atoms with E-state index in [1.165, 1.54) is 11.8 Å². The Morgan fingerprint density at radius 1 is 0.958 bits per heavy atom. The number of carbonyl (C=O) groups is 2. The van der Waals surface area contributed by atoms with E-state index in [-0.39, 0.29) is 18.4 Å². The number of nitrogens with zero attached hydrogens (tertiary/aromatic N) is 1. The van der Waals surface area contributed by atoms with Gasteiger partial charge in [-0.05, 0) is 62.1 Å². The molecule has 0 spiro atoms. The first-order valence-corrected chi connectivity index (χ1v) is 8.00. The van der Waals surface area contributed by atoms with Crippen LogP contribution in [0.2, 0.25) is 0 Å². The number of hydrogen-bond donors (Lipinski definition) is 1. The molecular weight excluding hydrogens is 300 g/mol. The first kappa shape index (κ1) is 17.7. The van der Waals surface area contributed by atoms with Gasteiger partial charge in [0, 0.05) is 12.6 Å². The minimum atomic E-state index is -0.210. The first-order chi connectivity index (χ1) is 11.3. The molecule has 4 nitrogen and oxygen atoms in total. The lowest BCUT2D eigenvalue weighted by atomic mass is 10.1. The highest BCUT2D eigenvalue weighted by Crippen LogP contribution is 2.25. The molecule has 0 heterocycles. The van der Waals surface area contributed by atoms with Crippen LogP contribution in [0.1, 0.15) is 29.2 Å². The first-order valence-electron chi connectivity index (χ1n) is 8.00. The van der Waals surface area contributed by atoms with Gasteiger partial charge in [-0.15, -0.1) is 0 Å². The van der Waals surface area contributed by atoms with Gasteiger partial charge >= 0.3 is 0 Å². The summed E-state index contributed by atoms with van der Waals surface area (Å²) in [6.07, 6.45) is 0. The van der Waals surface area contributed by atoms with E-state index < -0.39 is 0 Å². The third-order valence-corrected chi connectivity index (χ3v) is 3.90. The summed E-state index contributed by atoms with van der Waals surface area (Å²) < 4.78 is 0. The van der Waals surface area contributed by atoms with E-state index in [0.29, 0.717) is 0 Å². The van der Waals surface area contributed by atoms with Gasteiger partial charge in [-0.2, -0.15) is 0 Å². The maximum Gasteiger partial charge on any atom is 0.244 e. The van der Waals surface area contributed by atoms with E-state index >= 15 is 0 Å². The highest BCUT2D eigenvalue weighted by Gasteiger charge is 2.19. The highest BCUT2D eigenvalue weighted by molar-refractivity contribution is 6.02. The lowest BCUT2D eigenvalue weighted by Gasteiger charge is -2.24. The second-order valence-electron chi connectivity index (χ2n) is 6.27. The van der Waals surface area contributed by atoms with Crippen LogP contribution in [0.4, 0.5) is 11.4 Å². The number of anilines is 2. The van der Waals surface area contributed by atoms with Crippen LogP contribution in [0.15, 0.2) is 36.4 Å². The molecular formula is C20H24N2O2. The fourth-order valence-electron chi connectivity index (χ4n) is 2.97. The molecule has 0 bridgehead atoms. The number of hydrogen-bond acceptors (Lipinski definition) is 2. The molecule has 1 N–H and O–H groups in total. The van der Waals surface area contributed by atoms with Crippen molar-refractivity contribution in [2.75, 3.05) is 16.8 Å². The van der Waals surface area contributed by atoms with Crippen LogP contribution >= 0.6 is 0 Å². The number of rotatable bonds is 4. The van der Waals surface area contributed by atoms with Crippen LogP contribution in [0.5, 0.6) is 0 Å². The minimum Gasteiger partial charge on any atom is -0.325 e. The van der Waals surface area contributed by atoms with Gasteiger partial charge in [0.05, 0.1) is 5.69 Å². The molecule has 0 aromatic heterocycles. The Balaban J connectivity index is 2.22. The largest absolute Gasteiger partial charge is 0.325 e.